The monoisotopic (exact) mass is 340 g/mol. The molecular formula is C20H24N2O3. The molecular weight excluding hydrogens is 316 g/mol. The standard InChI is InChI=1S/C20H24N2O3/c1-14(2)15(3)21-19(23)13-25-18-12-8-7-11-17(18)20(24)22-16-9-5-4-6-10-16/h4-12,14-15H,13H2,1-3H3,(H,21,23)(H,22,24)/t15-/m0/s1. The second kappa shape index (κ2) is 8.87. The van der Waals surface area contributed by atoms with Crippen molar-refractivity contribution in [2.75, 3.05) is 11.9 Å². The molecule has 25 heavy (non-hydrogen) atoms. The number of hydrogen-bond acceptors (Lipinski definition) is 3. The summed E-state index contributed by atoms with van der Waals surface area (Å²) in [6, 6.07) is 16.1. The third kappa shape index (κ3) is 5.64. The Bertz CT molecular complexity index is 714. The van der Waals surface area contributed by atoms with E-state index >= 15 is 0 Å². The Hall–Kier alpha value is -2.82. The van der Waals surface area contributed by atoms with E-state index in [4.69, 9.17) is 4.74 Å². The molecule has 0 radical (unpaired) electrons. The van der Waals surface area contributed by atoms with Gasteiger partial charge in [0.25, 0.3) is 11.8 Å². The number of para-hydroxylation sites is 2. The quantitative estimate of drug-likeness (QED) is 0.811. The van der Waals surface area contributed by atoms with Gasteiger partial charge in [-0.2, -0.15) is 0 Å². The predicted octanol–water partition coefficient (Wildman–Crippen LogP) is 3.48. The predicted molar refractivity (Wildman–Crippen MR) is 98.8 cm³/mol. The van der Waals surface area contributed by atoms with Gasteiger partial charge in [-0.05, 0) is 37.1 Å². The molecule has 2 aromatic rings. The number of hydrogen-bond donors (Lipinski definition) is 2. The van der Waals surface area contributed by atoms with Crippen LogP contribution in [0.4, 0.5) is 5.69 Å². The number of nitrogens with one attached hydrogen (secondary N) is 2. The van der Waals surface area contributed by atoms with Gasteiger partial charge in [0, 0.05) is 11.7 Å². The normalized spacial score (nSPS) is 11.7. The van der Waals surface area contributed by atoms with Crippen LogP contribution < -0.4 is 15.4 Å². The number of anilines is 1. The molecule has 0 unspecified atom stereocenters. The highest BCUT2D eigenvalue weighted by molar-refractivity contribution is 6.06. The van der Waals surface area contributed by atoms with Crippen LogP contribution in [0.5, 0.6) is 5.75 Å². The molecule has 0 aromatic heterocycles. The Morgan fingerprint density at radius 1 is 0.960 bits per heavy atom. The first-order valence-corrected chi connectivity index (χ1v) is 8.35. The van der Waals surface area contributed by atoms with Gasteiger partial charge in [0.2, 0.25) is 0 Å². The van der Waals surface area contributed by atoms with Crippen molar-refractivity contribution in [2.45, 2.75) is 26.8 Å². The lowest BCUT2D eigenvalue weighted by atomic mass is 10.1. The Kier molecular flexibility index (Phi) is 6.57. The molecule has 132 valence electrons. The highest BCUT2D eigenvalue weighted by Gasteiger charge is 2.15. The topological polar surface area (TPSA) is 67.4 Å². The minimum Gasteiger partial charge on any atom is -0.483 e. The zero-order valence-corrected chi connectivity index (χ0v) is 14.8. The first kappa shape index (κ1) is 18.5. The lowest BCUT2D eigenvalue weighted by Crippen LogP contribution is -2.39. The maximum absolute atomic E-state index is 12.5. The first-order chi connectivity index (χ1) is 12.0. The summed E-state index contributed by atoms with van der Waals surface area (Å²) in [4.78, 5) is 24.4. The number of amides is 2. The molecule has 0 aliphatic heterocycles. The van der Waals surface area contributed by atoms with Crippen molar-refractivity contribution >= 4 is 17.5 Å². The van der Waals surface area contributed by atoms with Crippen molar-refractivity contribution in [3.8, 4) is 5.75 Å². The molecule has 2 N–H and O–H groups in total. The lowest BCUT2D eigenvalue weighted by molar-refractivity contribution is -0.124. The van der Waals surface area contributed by atoms with E-state index in [1.54, 1.807) is 24.3 Å². The Balaban J connectivity index is 2.00. The van der Waals surface area contributed by atoms with Gasteiger partial charge in [-0.25, -0.2) is 0 Å². The Labute approximate surface area is 148 Å². The van der Waals surface area contributed by atoms with E-state index in [0.717, 1.165) is 0 Å². The van der Waals surface area contributed by atoms with Gasteiger partial charge in [-0.3, -0.25) is 9.59 Å². The van der Waals surface area contributed by atoms with Crippen LogP contribution in [0, 0.1) is 5.92 Å². The van der Waals surface area contributed by atoms with Crippen LogP contribution in [0.25, 0.3) is 0 Å². The van der Waals surface area contributed by atoms with Crippen molar-refractivity contribution in [3.63, 3.8) is 0 Å². The van der Waals surface area contributed by atoms with Gasteiger partial charge in [0.1, 0.15) is 5.75 Å². The fourth-order valence-corrected chi connectivity index (χ4v) is 2.11. The third-order valence-corrected chi connectivity index (χ3v) is 3.91. The second-order valence-corrected chi connectivity index (χ2v) is 6.21. The number of carbonyl (C=O) groups is 2. The summed E-state index contributed by atoms with van der Waals surface area (Å²) in [5.41, 5.74) is 1.09. The molecule has 0 saturated carbocycles. The van der Waals surface area contributed by atoms with E-state index < -0.39 is 0 Å². The molecule has 0 spiro atoms. The van der Waals surface area contributed by atoms with Crippen molar-refractivity contribution in [2.24, 2.45) is 5.92 Å². The number of rotatable bonds is 7. The van der Waals surface area contributed by atoms with E-state index in [9.17, 15) is 9.59 Å². The van der Waals surface area contributed by atoms with Gasteiger partial charge >= 0.3 is 0 Å². The zero-order chi connectivity index (χ0) is 18.2. The van der Waals surface area contributed by atoms with Crippen molar-refractivity contribution in [1.82, 2.24) is 5.32 Å². The van der Waals surface area contributed by atoms with Crippen molar-refractivity contribution in [3.05, 3.63) is 60.2 Å². The van der Waals surface area contributed by atoms with Gasteiger partial charge in [-0.15, -0.1) is 0 Å². The van der Waals surface area contributed by atoms with Crippen LogP contribution in [0.1, 0.15) is 31.1 Å². The highest BCUT2D eigenvalue weighted by Crippen LogP contribution is 2.19. The van der Waals surface area contributed by atoms with Crippen molar-refractivity contribution < 1.29 is 14.3 Å². The largest absolute Gasteiger partial charge is 0.483 e. The summed E-state index contributed by atoms with van der Waals surface area (Å²) in [6.07, 6.45) is 0. The average Bonchev–Trinajstić information content (AvgIpc) is 2.61. The van der Waals surface area contributed by atoms with Gasteiger partial charge in [-0.1, -0.05) is 44.2 Å². The molecule has 0 heterocycles. The SMILES string of the molecule is CC(C)[C@H](C)NC(=O)COc1ccccc1C(=O)Nc1ccccc1. The van der Waals surface area contributed by atoms with E-state index in [1.807, 2.05) is 51.1 Å². The van der Waals surface area contributed by atoms with Gasteiger partial charge < -0.3 is 15.4 Å². The molecule has 1 atom stereocenters. The molecule has 0 saturated heterocycles. The van der Waals surface area contributed by atoms with Crippen molar-refractivity contribution in [1.29, 1.82) is 0 Å². The second-order valence-electron chi connectivity index (χ2n) is 6.21. The Morgan fingerprint density at radius 3 is 2.28 bits per heavy atom. The van der Waals surface area contributed by atoms with Crippen LogP contribution in [0.3, 0.4) is 0 Å². The van der Waals surface area contributed by atoms with E-state index in [1.165, 1.54) is 0 Å². The number of benzene rings is 2. The molecule has 5 nitrogen and oxygen atoms in total. The highest BCUT2D eigenvalue weighted by atomic mass is 16.5. The zero-order valence-electron chi connectivity index (χ0n) is 14.8. The summed E-state index contributed by atoms with van der Waals surface area (Å²) in [5, 5.41) is 5.69. The fourth-order valence-electron chi connectivity index (χ4n) is 2.11. The molecule has 2 amide bonds. The van der Waals surface area contributed by atoms with E-state index in [-0.39, 0.29) is 24.5 Å². The van der Waals surface area contributed by atoms with E-state index in [2.05, 4.69) is 10.6 Å². The first-order valence-electron chi connectivity index (χ1n) is 8.35. The third-order valence-electron chi connectivity index (χ3n) is 3.91. The van der Waals surface area contributed by atoms with Crippen LogP contribution in [-0.4, -0.2) is 24.5 Å². The average molecular weight is 340 g/mol. The van der Waals surface area contributed by atoms with Crippen LogP contribution in [0.2, 0.25) is 0 Å². The summed E-state index contributed by atoms with van der Waals surface area (Å²) >= 11 is 0. The van der Waals surface area contributed by atoms with Crippen LogP contribution >= 0.6 is 0 Å². The maximum atomic E-state index is 12.5. The van der Waals surface area contributed by atoms with E-state index in [0.29, 0.717) is 22.9 Å². The lowest BCUT2D eigenvalue weighted by Gasteiger charge is -2.18. The Morgan fingerprint density at radius 2 is 1.60 bits per heavy atom. The van der Waals surface area contributed by atoms with Gasteiger partial charge in [0.15, 0.2) is 6.61 Å². The molecule has 5 heteroatoms. The number of carbonyl (C=O) groups excluding carboxylic acids is 2. The minimum atomic E-state index is -0.280. The summed E-state index contributed by atoms with van der Waals surface area (Å²) < 4.78 is 5.57. The molecule has 0 bridgehead atoms. The molecule has 0 aliphatic carbocycles. The smallest absolute Gasteiger partial charge is 0.259 e. The summed E-state index contributed by atoms with van der Waals surface area (Å²) in [7, 11) is 0. The number of ether oxygens (including phenoxy) is 1. The molecule has 2 rings (SSSR count). The molecule has 0 aliphatic rings. The molecule has 2 aromatic carbocycles. The summed E-state index contributed by atoms with van der Waals surface area (Å²) in [6.45, 7) is 5.89. The fraction of sp³-hybridized carbons (Fsp3) is 0.300. The maximum Gasteiger partial charge on any atom is 0.259 e. The summed E-state index contributed by atoms with van der Waals surface area (Å²) in [5.74, 6) is 0.230. The van der Waals surface area contributed by atoms with Crippen LogP contribution in [0.15, 0.2) is 54.6 Å². The van der Waals surface area contributed by atoms with Crippen LogP contribution in [-0.2, 0) is 4.79 Å². The van der Waals surface area contributed by atoms with Gasteiger partial charge in [0.05, 0.1) is 5.56 Å². The molecule has 0 fully saturated rings. The minimum absolute atomic E-state index is 0.0627.